The van der Waals surface area contributed by atoms with Crippen molar-refractivity contribution in [3.05, 3.63) is 36.4 Å². The third-order valence-electron chi connectivity index (χ3n) is 2.02. The van der Waals surface area contributed by atoms with Gasteiger partial charge in [0.15, 0.2) is 0 Å². The van der Waals surface area contributed by atoms with Gasteiger partial charge in [-0.05, 0) is 18.2 Å². The van der Waals surface area contributed by atoms with Gasteiger partial charge in [0.05, 0.1) is 5.56 Å². The highest BCUT2D eigenvalue weighted by Gasteiger charge is 2.11. The number of benzene rings is 1. The first kappa shape index (κ1) is 13.6. The number of ether oxygens (including phenoxy) is 2. The van der Waals surface area contributed by atoms with Crippen LogP contribution >= 0.6 is 0 Å². The molecule has 1 aromatic carbocycles. The number of anilines is 2. The first-order valence-electron chi connectivity index (χ1n) is 5.16. The summed E-state index contributed by atoms with van der Waals surface area (Å²) >= 11 is 0. The Hall–Kier alpha value is -2.50. The summed E-state index contributed by atoms with van der Waals surface area (Å²) in [7, 11) is 0. The van der Waals surface area contributed by atoms with Crippen LogP contribution in [-0.4, -0.2) is 25.2 Å². The summed E-state index contributed by atoms with van der Waals surface area (Å²) in [5, 5.41) is 0. The van der Waals surface area contributed by atoms with E-state index < -0.39 is 11.9 Å². The number of nitrogens with two attached hydrogens (primary N) is 2. The van der Waals surface area contributed by atoms with E-state index in [4.69, 9.17) is 16.2 Å². The van der Waals surface area contributed by atoms with Crippen molar-refractivity contribution in [2.45, 2.75) is 0 Å². The first-order chi connectivity index (χ1) is 8.54. The van der Waals surface area contributed by atoms with Gasteiger partial charge in [0.1, 0.15) is 13.2 Å². The SMILES string of the molecule is C=CC(=O)OCCOC(=O)c1ccc(N)cc1N. The van der Waals surface area contributed by atoms with Crippen LogP contribution < -0.4 is 11.5 Å². The molecule has 0 radical (unpaired) electrons. The van der Waals surface area contributed by atoms with Crippen LogP contribution in [0, 0.1) is 0 Å². The van der Waals surface area contributed by atoms with E-state index in [1.807, 2.05) is 0 Å². The third-order valence-corrected chi connectivity index (χ3v) is 2.02. The Morgan fingerprint density at radius 1 is 1.22 bits per heavy atom. The van der Waals surface area contributed by atoms with E-state index in [1.54, 1.807) is 6.07 Å². The van der Waals surface area contributed by atoms with E-state index >= 15 is 0 Å². The van der Waals surface area contributed by atoms with Gasteiger partial charge in [-0.15, -0.1) is 0 Å². The number of esters is 2. The molecule has 0 fully saturated rings. The number of hydrogen-bond donors (Lipinski definition) is 2. The summed E-state index contributed by atoms with van der Waals surface area (Å²) in [6.45, 7) is 3.14. The van der Waals surface area contributed by atoms with E-state index in [9.17, 15) is 9.59 Å². The van der Waals surface area contributed by atoms with Crippen LogP contribution in [0.5, 0.6) is 0 Å². The lowest BCUT2D eigenvalue weighted by molar-refractivity contribution is -0.138. The molecule has 0 saturated carbocycles. The van der Waals surface area contributed by atoms with Crippen LogP contribution in [0.2, 0.25) is 0 Å². The second-order valence-electron chi connectivity index (χ2n) is 3.35. The maximum Gasteiger partial charge on any atom is 0.340 e. The molecule has 96 valence electrons. The van der Waals surface area contributed by atoms with Crippen LogP contribution in [0.1, 0.15) is 10.4 Å². The Bertz CT molecular complexity index is 471. The van der Waals surface area contributed by atoms with E-state index in [2.05, 4.69) is 11.3 Å². The molecular weight excluding hydrogens is 236 g/mol. The summed E-state index contributed by atoms with van der Waals surface area (Å²) in [4.78, 5) is 22.3. The maximum absolute atomic E-state index is 11.6. The lowest BCUT2D eigenvalue weighted by Crippen LogP contribution is -2.14. The maximum atomic E-state index is 11.6. The minimum atomic E-state index is -0.595. The van der Waals surface area contributed by atoms with Gasteiger partial charge in [0.25, 0.3) is 0 Å². The van der Waals surface area contributed by atoms with Crippen molar-refractivity contribution in [1.82, 2.24) is 0 Å². The molecule has 0 bridgehead atoms. The number of carbonyl (C=O) groups is 2. The molecule has 1 aromatic rings. The molecule has 6 heteroatoms. The van der Waals surface area contributed by atoms with Gasteiger partial charge in [0, 0.05) is 17.5 Å². The Morgan fingerprint density at radius 3 is 2.50 bits per heavy atom. The second-order valence-corrected chi connectivity index (χ2v) is 3.35. The van der Waals surface area contributed by atoms with Gasteiger partial charge >= 0.3 is 11.9 Å². The second kappa shape index (κ2) is 6.29. The normalized spacial score (nSPS) is 9.56. The van der Waals surface area contributed by atoms with Gasteiger partial charge in [0.2, 0.25) is 0 Å². The molecule has 0 amide bonds. The summed E-state index contributed by atoms with van der Waals surface area (Å²) < 4.78 is 9.51. The zero-order chi connectivity index (χ0) is 13.5. The summed E-state index contributed by atoms with van der Waals surface area (Å²) in [5.74, 6) is -1.17. The van der Waals surface area contributed by atoms with Crippen molar-refractivity contribution >= 4 is 23.3 Å². The number of carbonyl (C=O) groups excluding carboxylic acids is 2. The van der Waals surface area contributed by atoms with Gasteiger partial charge in [-0.2, -0.15) is 0 Å². The van der Waals surface area contributed by atoms with Crippen molar-refractivity contribution in [2.75, 3.05) is 24.7 Å². The van der Waals surface area contributed by atoms with E-state index in [0.717, 1.165) is 6.08 Å². The smallest absolute Gasteiger partial charge is 0.340 e. The molecule has 0 atom stereocenters. The Morgan fingerprint density at radius 2 is 1.89 bits per heavy atom. The minimum absolute atomic E-state index is 0.0362. The van der Waals surface area contributed by atoms with Crippen LogP contribution in [-0.2, 0) is 14.3 Å². The van der Waals surface area contributed by atoms with Crippen molar-refractivity contribution < 1.29 is 19.1 Å². The van der Waals surface area contributed by atoms with E-state index in [1.165, 1.54) is 12.1 Å². The predicted molar refractivity (Wildman–Crippen MR) is 66.7 cm³/mol. The zero-order valence-corrected chi connectivity index (χ0v) is 9.72. The minimum Gasteiger partial charge on any atom is -0.459 e. The quantitative estimate of drug-likeness (QED) is 0.345. The Labute approximate surface area is 104 Å². The van der Waals surface area contributed by atoms with Crippen LogP contribution in [0.15, 0.2) is 30.9 Å². The van der Waals surface area contributed by atoms with Gasteiger partial charge < -0.3 is 20.9 Å². The number of rotatable bonds is 5. The largest absolute Gasteiger partial charge is 0.459 e. The van der Waals surface area contributed by atoms with Crippen molar-refractivity contribution in [3.8, 4) is 0 Å². The first-order valence-corrected chi connectivity index (χ1v) is 5.16. The van der Waals surface area contributed by atoms with Gasteiger partial charge in [-0.3, -0.25) is 0 Å². The average Bonchev–Trinajstić information content (AvgIpc) is 2.34. The topological polar surface area (TPSA) is 105 Å². The molecule has 0 aliphatic rings. The highest BCUT2D eigenvalue weighted by atomic mass is 16.6. The van der Waals surface area contributed by atoms with Crippen molar-refractivity contribution in [1.29, 1.82) is 0 Å². The van der Waals surface area contributed by atoms with Crippen LogP contribution in [0.4, 0.5) is 11.4 Å². The highest BCUT2D eigenvalue weighted by Crippen LogP contribution is 2.16. The van der Waals surface area contributed by atoms with Gasteiger partial charge in [-0.25, -0.2) is 9.59 Å². The molecule has 0 heterocycles. The molecule has 18 heavy (non-hydrogen) atoms. The van der Waals surface area contributed by atoms with Crippen LogP contribution in [0.3, 0.4) is 0 Å². The van der Waals surface area contributed by atoms with E-state index in [-0.39, 0.29) is 24.5 Å². The van der Waals surface area contributed by atoms with Crippen molar-refractivity contribution in [2.24, 2.45) is 0 Å². The number of hydrogen-bond acceptors (Lipinski definition) is 6. The molecular formula is C12H14N2O4. The standard InChI is InChI=1S/C12H14N2O4/c1-2-11(15)17-5-6-18-12(16)9-4-3-8(13)7-10(9)14/h2-4,7H,1,5-6,13-14H2. The average molecular weight is 250 g/mol. The predicted octanol–water partition coefficient (Wildman–Crippen LogP) is 0.737. The highest BCUT2D eigenvalue weighted by molar-refractivity contribution is 5.95. The van der Waals surface area contributed by atoms with Gasteiger partial charge in [-0.1, -0.05) is 6.58 Å². The van der Waals surface area contributed by atoms with Crippen molar-refractivity contribution in [3.63, 3.8) is 0 Å². The van der Waals surface area contributed by atoms with E-state index in [0.29, 0.717) is 5.69 Å². The summed E-state index contributed by atoms with van der Waals surface area (Å²) in [6.07, 6.45) is 1.03. The third kappa shape index (κ3) is 3.82. The molecule has 0 aliphatic heterocycles. The Balaban J connectivity index is 2.46. The molecule has 0 spiro atoms. The molecule has 0 aliphatic carbocycles. The molecule has 0 unspecified atom stereocenters. The molecule has 1 rings (SSSR count). The summed E-state index contributed by atoms with van der Waals surface area (Å²) in [5.41, 5.74) is 12.0. The van der Waals surface area contributed by atoms with Crippen LogP contribution in [0.25, 0.3) is 0 Å². The summed E-state index contributed by atoms with van der Waals surface area (Å²) in [6, 6.07) is 4.49. The fraction of sp³-hybridized carbons (Fsp3) is 0.167. The monoisotopic (exact) mass is 250 g/mol. The fourth-order valence-electron chi connectivity index (χ4n) is 1.18. The molecule has 0 saturated heterocycles. The fourth-order valence-corrected chi connectivity index (χ4v) is 1.18. The molecule has 4 N–H and O–H groups in total. The lowest BCUT2D eigenvalue weighted by Gasteiger charge is -2.07. The lowest BCUT2D eigenvalue weighted by atomic mass is 10.1. The zero-order valence-electron chi connectivity index (χ0n) is 9.72. The number of nitrogen functional groups attached to an aromatic ring is 2. The molecule has 0 aromatic heterocycles. The molecule has 6 nitrogen and oxygen atoms in total. The Kier molecular flexibility index (Phi) is 4.74.